The highest BCUT2D eigenvalue weighted by Crippen LogP contribution is 2.31. The molecule has 3 heteroatoms. The number of hydrogen-bond donors (Lipinski definition) is 1. The van der Waals surface area contributed by atoms with E-state index in [-0.39, 0.29) is 6.10 Å². The third-order valence-corrected chi connectivity index (χ3v) is 3.68. The lowest BCUT2D eigenvalue weighted by molar-refractivity contribution is 0.115. The van der Waals surface area contributed by atoms with Gasteiger partial charge in [-0.3, -0.25) is 0 Å². The predicted molar refractivity (Wildman–Crippen MR) is 77.8 cm³/mol. The van der Waals surface area contributed by atoms with Crippen molar-refractivity contribution < 1.29 is 9.47 Å². The van der Waals surface area contributed by atoms with Crippen molar-refractivity contribution in [1.82, 2.24) is 5.32 Å². The summed E-state index contributed by atoms with van der Waals surface area (Å²) in [6, 6.07) is 7.92. The van der Waals surface area contributed by atoms with Gasteiger partial charge in [-0.1, -0.05) is 26.0 Å². The zero-order valence-electron chi connectivity index (χ0n) is 12.2. The number of ether oxygens (including phenoxy) is 2. The van der Waals surface area contributed by atoms with Gasteiger partial charge in [0, 0.05) is 12.5 Å². The molecule has 19 heavy (non-hydrogen) atoms. The monoisotopic (exact) mass is 263 g/mol. The average Bonchev–Trinajstić information content (AvgIpc) is 2.92. The van der Waals surface area contributed by atoms with E-state index < -0.39 is 0 Å². The fraction of sp³-hybridized carbons (Fsp3) is 0.625. The van der Waals surface area contributed by atoms with Crippen LogP contribution in [-0.2, 0) is 0 Å². The smallest absolute Gasteiger partial charge is 0.161 e. The van der Waals surface area contributed by atoms with E-state index in [9.17, 15) is 0 Å². The van der Waals surface area contributed by atoms with Gasteiger partial charge in [-0.05, 0) is 37.4 Å². The Balaban J connectivity index is 2.09. The minimum absolute atomic E-state index is 0.270. The van der Waals surface area contributed by atoms with E-state index >= 15 is 0 Å². The second-order valence-corrected chi connectivity index (χ2v) is 5.69. The zero-order chi connectivity index (χ0) is 13.7. The summed E-state index contributed by atoms with van der Waals surface area (Å²) in [5, 5.41) is 3.43. The Labute approximate surface area is 116 Å². The highest BCUT2D eigenvalue weighted by molar-refractivity contribution is 5.39. The topological polar surface area (TPSA) is 30.5 Å². The molecule has 0 radical (unpaired) electrons. The maximum atomic E-state index is 6.27. The molecule has 2 rings (SSSR count). The molecule has 0 aliphatic carbocycles. The second kappa shape index (κ2) is 6.80. The highest BCUT2D eigenvalue weighted by atomic mass is 16.5. The molecule has 3 nitrogen and oxygen atoms in total. The van der Waals surface area contributed by atoms with Crippen LogP contribution in [0.15, 0.2) is 24.3 Å². The van der Waals surface area contributed by atoms with Gasteiger partial charge in [-0.25, -0.2) is 0 Å². The van der Waals surface area contributed by atoms with Crippen LogP contribution < -0.4 is 14.8 Å². The first kappa shape index (κ1) is 14.2. The third kappa shape index (κ3) is 3.87. The fourth-order valence-electron chi connectivity index (χ4n) is 2.67. The van der Waals surface area contributed by atoms with Gasteiger partial charge in [-0.15, -0.1) is 0 Å². The van der Waals surface area contributed by atoms with Gasteiger partial charge in [-0.2, -0.15) is 0 Å². The van der Waals surface area contributed by atoms with Gasteiger partial charge in [0.15, 0.2) is 11.5 Å². The van der Waals surface area contributed by atoms with Crippen molar-refractivity contribution in [3.63, 3.8) is 0 Å². The molecule has 1 unspecified atom stereocenters. The minimum atomic E-state index is 0.270. The quantitative estimate of drug-likeness (QED) is 0.855. The Kier molecular flexibility index (Phi) is 5.08. The predicted octanol–water partition coefficient (Wildman–Crippen LogP) is 3.10. The first-order valence-electron chi connectivity index (χ1n) is 7.21. The van der Waals surface area contributed by atoms with Crippen LogP contribution in [-0.4, -0.2) is 26.3 Å². The van der Waals surface area contributed by atoms with Crippen molar-refractivity contribution in [1.29, 1.82) is 0 Å². The van der Waals surface area contributed by atoms with Gasteiger partial charge in [0.05, 0.1) is 7.11 Å². The summed E-state index contributed by atoms with van der Waals surface area (Å²) >= 11 is 0. The van der Waals surface area contributed by atoms with E-state index in [1.54, 1.807) is 7.11 Å². The summed E-state index contributed by atoms with van der Waals surface area (Å²) in [6.07, 6.45) is 2.56. The Morgan fingerprint density at radius 2 is 2.00 bits per heavy atom. The minimum Gasteiger partial charge on any atom is -0.493 e. The number of nitrogens with one attached hydrogen (secondary N) is 1. The Hall–Kier alpha value is -1.22. The maximum Gasteiger partial charge on any atom is 0.161 e. The first-order chi connectivity index (χ1) is 9.20. The molecule has 1 heterocycles. The zero-order valence-corrected chi connectivity index (χ0v) is 12.2. The summed E-state index contributed by atoms with van der Waals surface area (Å²) in [6.45, 7) is 6.67. The Morgan fingerprint density at radius 1 is 1.26 bits per heavy atom. The Bertz CT molecular complexity index is 386. The molecule has 0 amide bonds. The number of benzene rings is 1. The van der Waals surface area contributed by atoms with Crippen molar-refractivity contribution in [3.8, 4) is 11.5 Å². The molecule has 0 spiro atoms. The number of methoxy groups -OCH3 is 1. The third-order valence-electron chi connectivity index (χ3n) is 3.68. The molecule has 2 atom stereocenters. The molecular formula is C16H25NO2. The number of rotatable bonds is 6. The highest BCUT2D eigenvalue weighted by Gasteiger charge is 2.27. The van der Waals surface area contributed by atoms with Crippen molar-refractivity contribution in [3.05, 3.63) is 24.3 Å². The number of hydrogen-bond acceptors (Lipinski definition) is 3. The van der Waals surface area contributed by atoms with Crippen molar-refractivity contribution in [2.24, 2.45) is 11.8 Å². The average molecular weight is 263 g/mol. The van der Waals surface area contributed by atoms with Gasteiger partial charge >= 0.3 is 0 Å². The van der Waals surface area contributed by atoms with Crippen LogP contribution in [0.2, 0.25) is 0 Å². The molecule has 0 aromatic heterocycles. The lowest BCUT2D eigenvalue weighted by atomic mass is 9.93. The summed E-state index contributed by atoms with van der Waals surface area (Å²) in [4.78, 5) is 0. The van der Waals surface area contributed by atoms with E-state index in [0.717, 1.165) is 31.0 Å². The molecule has 1 aliphatic heterocycles. The van der Waals surface area contributed by atoms with Crippen LogP contribution in [0.1, 0.15) is 26.7 Å². The van der Waals surface area contributed by atoms with Gasteiger partial charge in [0.1, 0.15) is 6.10 Å². The second-order valence-electron chi connectivity index (χ2n) is 5.69. The van der Waals surface area contributed by atoms with Gasteiger partial charge in [0.2, 0.25) is 0 Å². The fourth-order valence-corrected chi connectivity index (χ4v) is 2.67. The molecule has 0 saturated carbocycles. The van der Waals surface area contributed by atoms with E-state index in [4.69, 9.17) is 9.47 Å². The van der Waals surface area contributed by atoms with Crippen molar-refractivity contribution >= 4 is 0 Å². The molecule has 1 aromatic carbocycles. The summed E-state index contributed by atoms with van der Waals surface area (Å²) in [7, 11) is 1.69. The van der Waals surface area contributed by atoms with E-state index in [0.29, 0.717) is 11.8 Å². The first-order valence-corrected chi connectivity index (χ1v) is 7.21. The van der Waals surface area contributed by atoms with Crippen LogP contribution in [0.4, 0.5) is 0 Å². The van der Waals surface area contributed by atoms with Crippen molar-refractivity contribution in [2.45, 2.75) is 32.8 Å². The van der Waals surface area contributed by atoms with E-state index in [1.807, 2.05) is 24.3 Å². The van der Waals surface area contributed by atoms with Gasteiger partial charge in [0.25, 0.3) is 0 Å². The molecule has 1 N–H and O–H groups in total. The molecular weight excluding hydrogens is 238 g/mol. The van der Waals surface area contributed by atoms with Crippen LogP contribution >= 0.6 is 0 Å². The lowest BCUT2D eigenvalue weighted by Gasteiger charge is -2.26. The molecule has 1 aromatic rings. The summed E-state index contributed by atoms with van der Waals surface area (Å²) in [5.74, 6) is 2.93. The molecule has 1 fully saturated rings. The van der Waals surface area contributed by atoms with Crippen LogP contribution in [0.5, 0.6) is 11.5 Å². The maximum absolute atomic E-state index is 6.27. The molecule has 106 valence electrons. The largest absolute Gasteiger partial charge is 0.493 e. The standard InChI is InChI=1S/C16H25NO2/c1-12(2)10-16(13-8-9-17-11-13)19-15-7-5-4-6-14(15)18-3/h4-7,12-13,16-17H,8-11H2,1-3H3/t13?,16-/m0/s1. The molecule has 1 saturated heterocycles. The van der Waals surface area contributed by atoms with Crippen LogP contribution in [0.3, 0.4) is 0 Å². The lowest BCUT2D eigenvalue weighted by Crippen LogP contribution is -2.30. The summed E-state index contributed by atoms with van der Waals surface area (Å²) in [5.41, 5.74) is 0. The SMILES string of the molecule is COc1ccccc1O[C@@H](CC(C)C)C1CCNC1. The van der Waals surface area contributed by atoms with Gasteiger partial charge < -0.3 is 14.8 Å². The van der Waals surface area contributed by atoms with E-state index in [2.05, 4.69) is 19.2 Å². The van der Waals surface area contributed by atoms with Crippen LogP contribution in [0, 0.1) is 11.8 Å². The van der Waals surface area contributed by atoms with E-state index in [1.165, 1.54) is 6.42 Å². The molecule has 0 bridgehead atoms. The van der Waals surface area contributed by atoms with Crippen LogP contribution in [0.25, 0.3) is 0 Å². The Morgan fingerprint density at radius 3 is 2.58 bits per heavy atom. The number of para-hydroxylation sites is 2. The normalized spacial score (nSPS) is 20.5. The summed E-state index contributed by atoms with van der Waals surface area (Å²) < 4.78 is 11.6. The van der Waals surface area contributed by atoms with Crippen molar-refractivity contribution in [2.75, 3.05) is 20.2 Å². The molecule has 1 aliphatic rings.